The maximum atomic E-state index is 5.58. The lowest BCUT2D eigenvalue weighted by atomic mass is 10.4. The van der Waals surface area contributed by atoms with Crippen molar-refractivity contribution in [2.45, 2.75) is 13.8 Å². The molecular weight excluding hydrogens is 168 g/mol. The summed E-state index contributed by atoms with van der Waals surface area (Å²) in [5.74, 6) is 1.65. The SMILES string of the molecule is CCOc1cnc(N)c(OCC)c1. The summed E-state index contributed by atoms with van der Waals surface area (Å²) in [7, 11) is 0. The smallest absolute Gasteiger partial charge is 0.166 e. The molecule has 72 valence electrons. The fourth-order valence-corrected chi connectivity index (χ4v) is 0.954. The summed E-state index contributed by atoms with van der Waals surface area (Å²) in [6.45, 7) is 4.99. The van der Waals surface area contributed by atoms with Crippen LogP contribution in [0.1, 0.15) is 13.8 Å². The molecule has 0 spiro atoms. The number of nitrogen functional groups attached to an aromatic ring is 1. The molecule has 1 heterocycles. The highest BCUT2D eigenvalue weighted by atomic mass is 16.5. The van der Waals surface area contributed by atoms with Crippen LogP contribution in [0.3, 0.4) is 0 Å². The number of hydrogen-bond donors (Lipinski definition) is 1. The summed E-state index contributed by atoms with van der Waals surface area (Å²) < 4.78 is 10.5. The Morgan fingerprint density at radius 2 is 2.00 bits per heavy atom. The molecule has 13 heavy (non-hydrogen) atoms. The molecular formula is C9H14N2O2. The van der Waals surface area contributed by atoms with E-state index in [1.165, 1.54) is 0 Å². The van der Waals surface area contributed by atoms with E-state index in [1.54, 1.807) is 12.3 Å². The van der Waals surface area contributed by atoms with Crippen molar-refractivity contribution in [2.24, 2.45) is 0 Å². The van der Waals surface area contributed by atoms with Crippen molar-refractivity contribution >= 4 is 5.82 Å². The Morgan fingerprint density at radius 3 is 2.62 bits per heavy atom. The van der Waals surface area contributed by atoms with E-state index >= 15 is 0 Å². The molecule has 1 aromatic heterocycles. The van der Waals surface area contributed by atoms with Crippen LogP contribution >= 0.6 is 0 Å². The molecule has 0 fully saturated rings. The van der Waals surface area contributed by atoms with Crippen LogP contribution in [0.2, 0.25) is 0 Å². The molecule has 0 aliphatic heterocycles. The zero-order valence-corrected chi connectivity index (χ0v) is 7.91. The second kappa shape index (κ2) is 4.54. The van der Waals surface area contributed by atoms with Crippen LogP contribution in [0, 0.1) is 0 Å². The molecule has 0 aromatic carbocycles. The van der Waals surface area contributed by atoms with Crippen molar-refractivity contribution in [3.63, 3.8) is 0 Å². The first-order valence-corrected chi connectivity index (χ1v) is 4.29. The average molecular weight is 182 g/mol. The number of rotatable bonds is 4. The number of pyridine rings is 1. The van der Waals surface area contributed by atoms with Crippen molar-refractivity contribution in [2.75, 3.05) is 18.9 Å². The number of nitrogens with two attached hydrogens (primary N) is 1. The van der Waals surface area contributed by atoms with E-state index < -0.39 is 0 Å². The topological polar surface area (TPSA) is 57.4 Å². The van der Waals surface area contributed by atoms with Gasteiger partial charge in [0.1, 0.15) is 5.75 Å². The van der Waals surface area contributed by atoms with E-state index in [4.69, 9.17) is 15.2 Å². The Labute approximate surface area is 77.7 Å². The van der Waals surface area contributed by atoms with E-state index in [2.05, 4.69) is 4.98 Å². The van der Waals surface area contributed by atoms with Crippen molar-refractivity contribution < 1.29 is 9.47 Å². The summed E-state index contributed by atoms with van der Waals surface area (Å²) in [4.78, 5) is 3.94. The predicted octanol–water partition coefficient (Wildman–Crippen LogP) is 1.46. The molecule has 0 bridgehead atoms. The second-order valence-corrected chi connectivity index (χ2v) is 2.42. The number of hydrogen-bond acceptors (Lipinski definition) is 4. The van der Waals surface area contributed by atoms with Crippen LogP contribution < -0.4 is 15.2 Å². The van der Waals surface area contributed by atoms with Crippen LogP contribution in [0.25, 0.3) is 0 Å². The molecule has 0 radical (unpaired) electrons. The maximum absolute atomic E-state index is 5.58. The van der Waals surface area contributed by atoms with Crippen molar-refractivity contribution in [1.29, 1.82) is 0 Å². The van der Waals surface area contributed by atoms with Crippen molar-refractivity contribution in [1.82, 2.24) is 4.98 Å². The monoisotopic (exact) mass is 182 g/mol. The van der Waals surface area contributed by atoms with E-state index in [1.807, 2.05) is 13.8 Å². The molecule has 0 amide bonds. The molecule has 2 N–H and O–H groups in total. The molecule has 1 aromatic rings. The minimum atomic E-state index is 0.394. The lowest BCUT2D eigenvalue weighted by molar-refractivity contribution is 0.322. The highest BCUT2D eigenvalue weighted by molar-refractivity contribution is 5.48. The fraction of sp³-hybridized carbons (Fsp3) is 0.444. The third-order valence-corrected chi connectivity index (χ3v) is 1.47. The normalized spacial score (nSPS) is 9.69. The molecule has 1 rings (SSSR count). The largest absolute Gasteiger partial charge is 0.492 e. The van der Waals surface area contributed by atoms with E-state index in [0.717, 1.165) is 0 Å². The van der Waals surface area contributed by atoms with Gasteiger partial charge < -0.3 is 15.2 Å². The minimum absolute atomic E-state index is 0.394. The van der Waals surface area contributed by atoms with Gasteiger partial charge >= 0.3 is 0 Å². The maximum Gasteiger partial charge on any atom is 0.166 e. The zero-order valence-electron chi connectivity index (χ0n) is 7.91. The second-order valence-electron chi connectivity index (χ2n) is 2.42. The van der Waals surface area contributed by atoms with Crippen LogP contribution in [0.4, 0.5) is 5.82 Å². The Morgan fingerprint density at radius 1 is 1.31 bits per heavy atom. The van der Waals surface area contributed by atoms with Gasteiger partial charge in [0.2, 0.25) is 0 Å². The number of nitrogens with zero attached hydrogens (tertiary/aromatic N) is 1. The lowest BCUT2D eigenvalue weighted by Gasteiger charge is -2.08. The van der Waals surface area contributed by atoms with Gasteiger partial charge in [-0.05, 0) is 13.8 Å². The number of aromatic nitrogens is 1. The Hall–Kier alpha value is -1.45. The lowest BCUT2D eigenvalue weighted by Crippen LogP contribution is -2.00. The third kappa shape index (κ3) is 2.50. The van der Waals surface area contributed by atoms with Crippen LogP contribution in [0.15, 0.2) is 12.3 Å². The average Bonchev–Trinajstić information content (AvgIpc) is 2.12. The van der Waals surface area contributed by atoms with Gasteiger partial charge in [0.25, 0.3) is 0 Å². The summed E-state index contributed by atoms with van der Waals surface area (Å²) in [5, 5.41) is 0. The Balaban J connectivity index is 2.83. The number of anilines is 1. The molecule has 0 unspecified atom stereocenters. The Kier molecular flexibility index (Phi) is 3.37. The van der Waals surface area contributed by atoms with Gasteiger partial charge in [-0.2, -0.15) is 0 Å². The predicted molar refractivity (Wildman–Crippen MR) is 51.0 cm³/mol. The highest BCUT2D eigenvalue weighted by Gasteiger charge is 2.02. The van der Waals surface area contributed by atoms with Gasteiger partial charge in [-0.1, -0.05) is 0 Å². The summed E-state index contributed by atoms with van der Waals surface area (Å²) in [6.07, 6.45) is 1.58. The van der Waals surface area contributed by atoms with E-state index in [-0.39, 0.29) is 0 Å². The summed E-state index contributed by atoms with van der Waals surface area (Å²) in [5.41, 5.74) is 5.58. The molecule has 0 aliphatic carbocycles. The molecule has 0 saturated heterocycles. The van der Waals surface area contributed by atoms with Gasteiger partial charge in [-0.3, -0.25) is 0 Å². The fourth-order valence-electron chi connectivity index (χ4n) is 0.954. The summed E-state index contributed by atoms with van der Waals surface area (Å²) >= 11 is 0. The quantitative estimate of drug-likeness (QED) is 0.765. The molecule has 0 atom stereocenters. The van der Waals surface area contributed by atoms with Crippen LogP contribution in [-0.2, 0) is 0 Å². The molecule has 0 saturated carbocycles. The standard InChI is InChI=1S/C9H14N2O2/c1-3-12-7-5-8(13-4-2)9(10)11-6-7/h5-6H,3-4H2,1-2H3,(H2,10,11). The van der Waals surface area contributed by atoms with Gasteiger partial charge in [0.05, 0.1) is 19.4 Å². The van der Waals surface area contributed by atoms with Gasteiger partial charge in [0.15, 0.2) is 11.6 Å². The zero-order chi connectivity index (χ0) is 9.68. The van der Waals surface area contributed by atoms with Crippen LogP contribution in [0.5, 0.6) is 11.5 Å². The van der Waals surface area contributed by atoms with Gasteiger partial charge in [-0.15, -0.1) is 0 Å². The highest BCUT2D eigenvalue weighted by Crippen LogP contribution is 2.23. The molecule has 0 aliphatic rings. The summed E-state index contributed by atoms with van der Waals surface area (Å²) in [6, 6.07) is 1.75. The number of ether oxygens (including phenoxy) is 2. The van der Waals surface area contributed by atoms with E-state index in [9.17, 15) is 0 Å². The minimum Gasteiger partial charge on any atom is -0.492 e. The van der Waals surface area contributed by atoms with Gasteiger partial charge in [0, 0.05) is 6.07 Å². The Bertz CT molecular complexity index is 276. The first-order chi connectivity index (χ1) is 6.27. The molecule has 4 heteroatoms. The van der Waals surface area contributed by atoms with Crippen LogP contribution in [-0.4, -0.2) is 18.2 Å². The first-order valence-electron chi connectivity index (χ1n) is 4.29. The van der Waals surface area contributed by atoms with Gasteiger partial charge in [-0.25, -0.2) is 4.98 Å². The third-order valence-electron chi connectivity index (χ3n) is 1.47. The van der Waals surface area contributed by atoms with Crippen molar-refractivity contribution in [3.8, 4) is 11.5 Å². The molecule has 4 nitrogen and oxygen atoms in total. The first kappa shape index (κ1) is 9.64. The van der Waals surface area contributed by atoms with Crippen molar-refractivity contribution in [3.05, 3.63) is 12.3 Å². The van der Waals surface area contributed by atoms with E-state index in [0.29, 0.717) is 30.5 Å².